The third-order valence-corrected chi connectivity index (χ3v) is 15.2. The molecule has 7 aromatic carbocycles. The summed E-state index contributed by atoms with van der Waals surface area (Å²) in [5.74, 6) is 0. The minimum absolute atomic E-state index is 0.0275. The highest BCUT2D eigenvalue weighted by molar-refractivity contribution is 7.27. The highest BCUT2D eigenvalue weighted by atomic mass is 32.1. The molecule has 290 valence electrons. The van der Waals surface area contributed by atoms with E-state index in [2.05, 4.69) is 205 Å². The van der Waals surface area contributed by atoms with Crippen LogP contribution in [0.5, 0.6) is 0 Å². The molecule has 2 aliphatic heterocycles. The maximum atomic E-state index is 2.70. The fraction of sp³-hybridized carbons (Fsp3) is 0.222. The van der Waals surface area contributed by atoms with E-state index in [9.17, 15) is 0 Å². The summed E-state index contributed by atoms with van der Waals surface area (Å²) in [6.45, 7) is 20.8. The zero-order valence-corrected chi connectivity index (χ0v) is 37.1. The van der Waals surface area contributed by atoms with E-state index in [-0.39, 0.29) is 23.1 Å². The van der Waals surface area contributed by atoms with E-state index in [4.69, 9.17) is 0 Å². The molecule has 0 atom stereocenters. The van der Waals surface area contributed by atoms with Gasteiger partial charge in [-0.05, 0) is 110 Å². The van der Waals surface area contributed by atoms with Crippen LogP contribution in [0.1, 0.15) is 79.0 Å². The van der Waals surface area contributed by atoms with Crippen molar-refractivity contribution in [3.05, 3.63) is 150 Å². The molecular formula is C54H49BN2S2. The predicted octanol–water partition coefficient (Wildman–Crippen LogP) is 15.0. The Morgan fingerprint density at radius 1 is 0.475 bits per heavy atom. The van der Waals surface area contributed by atoms with Gasteiger partial charge in [-0.1, -0.05) is 135 Å². The van der Waals surface area contributed by atoms with Gasteiger partial charge in [-0.3, -0.25) is 0 Å². The summed E-state index contributed by atoms with van der Waals surface area (Å²) in [7, 11) is 0. The number of hydrogen-bond donors (Lipinski definition) is 0. The Hall–Kier alpha value is -5.36. The Balaban J connectivity index is 1.33. The van der Waals surface area contributed by atoms with E-state index in [0.717, 1.165) is 0 Å². The fourth-order valence-electron chi connectivity index (χ4n) is 9.76. The minimum Gasteiger partial charge on any atom is -0.376 e. The van der Waals surface area contributed by atoms with Crippen LogP contribution in [0.3, 0.4) is 0 Å². The van der Waals surface area contributed by atoms with Crippen LogP contribution in [0.15, 0.2) is 133 Å². The molecule has 0 aliphatic carbocycles. The van der Waals surface area contributed by atoms with Crippen molar-refractivity contribution in [2.24, 2.45) is 0 Å². The molecule has 0 fully saturated rings. The van der Waals surface area contributed by atoms with Gasteiger partial charge in [0, 0.05) is 64.0 Å². The van der Waals surface area contributed by atoms with Gasteiger partial charge in [0.05, 0.1) is 10.4 Å². The second-order valence-electron chi connectivity index (χ2n) is 19.8. The Morgan fingerprint density at radius 2 is 1.03 bits per heavy atom. The largest absolute Gasteiger partial charge is 0.376 e. The Morgan fingerprint density at radius 3 is 1.68 bits per heavy atom. The van der Waals surface area contributed by atoms with Crippen LogP contribution in [0.25, 0.3) is 51.5 Å². The van der Waals surface area contributed by atoms with Crippen molar-refractivity contribution in [3.63, 3.8) is 0 Å². The van der Waals surface area contributed by atoms with Crippen LogP contribution in [0.4, 0.5) is 28.4 Å². The van der Waals surface area contributed by atoms with E-state index in [1.807, 2.05) is 22.7 Å². The van der Waals surface area contributed by atoms with Gasteiger partial charge in [-0.15, -0.1) is 22.7 Å². The van der Waals surface area contributed by atoms with Crippen LogP contribution in [0.2, 0.25) is 0 Å². The van der Waals surface area contributed by atoms with E-state index in [1.165, 1.54) is 108 Å². The number of anilines is 5. The van der Waals surface area contributed by atoms with Gasteiger partial charge in [0.25, 0.3) is 0 Å². The first kappa shape index (κ1) is 36.7. The molecule has 0 amide bonds. The lowest BCUT2D eigenvalue weighted by Crippen LogP contribution is -2.61. The third-order valence-electron chi connectivity index (χ3n) is 12.9. The van der Waals surface area contributed by atoms with Crippen molar-refractivity contribution in [1.29, 1.82) is 0 Å². The highest BCUT2D eigenvalue weighted by Crippen LogP contribution is 2.55. The molecule has 0 unspecified atom stereocenters. The van der Waals surface area contributed by atoms with Gasteiger partial charge >= 0.3 is 6.85 Å². The zero-order chi connectivity index (χ0) is 40.7. The summed E-state index contributed by atoms with van der Waals surface area (Å²) in [6.07, 6.45) is 0. The summed E-state index contributed by atoms with van der Waals surface area (Å²) in [6, 6.07) is 51.7. The first-order valence-corrected chi connectivity index (χ1v) is 22.7. The number of fused-ring (bicyclic) bond motifs is 12. The molecule has 2 nitrogen and oxygen atoms in total. The van der Waals surface area contributed by atoms with Crippen molar-refractivity contribution in [2.45, 2.75) is 78.6 Å². The van der Waals surface area contributed by atoms with Crippen LogP contribution in [-0.4, -0.2) is 6.85 Å². The summed E-state index contributed by atoms with van der Waals surface area (Å²) in [4.78, 5) is 5.32. The maximum Gasteiger partial charge on any atom is 0.333 e. The molecule has 0 saturated carbocycles. The molecule has 2 aromatic heterocycles. The fourth-order valence-corrected chi connectivity index (χ4v) is 12.1. The van der Waals surface area contributed by atoms with E-state index < -0.39 is 0 Å². The molecule has 59 heavy (non-hydrogen) atoms. The monoisotopic (exact) mass is 800 g/mol. The SMILES string of the molecule is CC(C)(C)c1ccc(N2B3c4cc(C(C)(C)C)ccc4N(c4ccc(C(C)(C)C)cc4)c4c3c(cc3c4sc4ccccc43)-c3c2ccc2sc4ccccc4c32)cc1. The second kappa shape index (κ2) is 12.6. The lowest BCUT2D eigenvalue weighted by atomic mass is 9.43. The molecule has 5 heteroatoms. The maximum absolute atomic E-state index is 2.70. The zero-order valence-electron chi connectivity index (χ0n) is 35.5. The second-order valence-corrected chi connectivity index (χ2v) is 22.0. The van der Waals surface area contributed by atoms with Crippen molar-refractivity contribution in [3.8, 4) is 11.1 Å². The quantitative estimate of drug-likeness (QED) is 0.161. The molecule has 0 bridgehead atoms. The predicted molar refractivity (Wildman–Crippen MR) is 262 cm³/mol. The lowest BCUT2D eigenvalue weighted by Gasteiger charge is -2.46. The van der Waals surface area contributed by atoms with Crippen LogP contribution in [0, 0.1) is 0 Å². The van der Waals surface area contributed by atoms with Crippen molar-refractivity contribution < 1.29 is 0 Å². The van der Waals surface area contributed by atoms with Crippen LogP contribution in [-0.2, 0) is 16.2 Å². The van der Waals surface area contributed by atoms with Crippen molar-refractivity contribution >= 4 is 109 Å². The Bertz CT molecular complexity index is 3170. The van der Waals surface area contributed by atoms with Crippen LogP contribution >= 0.6 is 22.7 Å². The summed E-state index contributed by atoms with van der Waals surface area (Å²) < 4.78 is 5.32. The van der Waals surface area contributed by atoms with E-state index >= 15 is 0 Å². The Labute approximate surface area is 356 Å². The number of benzene rings is 7. The van der Waals surface area contributed by atoms with Gasteiger partial charge < -0.3 is 9.71 Å². The van der Waals surface area contributed by atoms with Gasteiger partial charge in [0.2, 0.25) is 0 Å². The standard InChI is InChI=1S/C54H49BN2S2/c1-52(2,3)32-18-23-35(24-19-32)56-42-27-22-34(54(7,8)9)30-41(42)55-49-40(31-39-37-14-10-12-16-44(37)59-51(39)50(49)56)47-43(57(55)36-25-20-33(21-26-36)53(4,5)6)28-29-46-48(47)38-15-11-13-17-45(38)58-46/h10-31H,1-9H3. The molecule has 9 aromatic rings. The molecule has 4 heterocycles. The number of nitrogens with zero attached hydrogens (tertiary/aromatic N) is 2. The first-order valence-electron chi connectivity index (χ1n) is 21.0. The lowest BCUT2D eigenvalue weighted by molar-refractivity contribution is 0.590. The molecule has 0 saturated heterocycles. The molecule has 0 radical (unpaired) electrons. The normalized spacial score (nSPS) is 14.1. The van der Waals surface area contributed by atoms with Gasteiger partial charge in [0.1, 0.15) is 0 Å². The molecule has 11 rings (SSSR count). The molecular weight excluding hydrogens is 752 g/mol. The Kier molecular flexibility index (Phi) is 7.83. The molecule has 0 spiro atoms. The van der Waals surface area contributed by atoms with E-state index in [1.54, 1.807) is 0 Å². The summed E-state index contributed by atoms with van der Waals surface area (Å²) in [5.41, 5.74) is 15.7. The topological polar surface area (TPSA) is 6.48 Å². The third kappa shape index (κ3) is 5.50. The van der Waals surface area contributed by atoms with Gasteiger partial charge in [-0.25, -0.2) is 0 Å². The first-order chi connectivity index (χ1) is 28.2. The average Bonchev–Trinajstić information content (AvgIpc) is 3.78. The van der Waals surface area contributed by atoms with Crippen molar-refractivity contribution in [2.75, 3.05) is 9.71 Å². The van der Waals surface area contributed by atoms with Gasteiger partial charge in [0.15, 0.2) is 0 Å². The number of hydrogen-bond acceptors (Lipinski definition) is 4. The average molecular weight is 801 g/mol. The number of thiophene rings is 2. The van der Waals surface area contributed by atoms with Crippen molar-refractivity contribution in [1.82, 2.24) is 0 Å². The minimum atomic E-state index is -0.0626. The summed E-state index contributed by atoms with van der Waals surface area (Å²) >= 11 is 3.85. The smallest absolute Gasteiger partial charge is 0.333 e. The highest BCUT2D eigenvalue weighted by Gasteiger charge is 2.47. The van der Waals surface area contributed by atoms with Crippen LogP contribution < -0.4 is 20.6 Å². The molecule has 2 aliphatic rings. The molecule has 0 N–H and O–H groups in total. The van der Waals surface area contributed by atoms with E-state index in [0.29, 0.717) is 0 Å². The van der Waals surface area contributed by atoms with Gasteiger partial charge in [-0.2, -0.15) is 0 Å². The summed E-state index contributed by atoms with van der Waals surface area (Å²) in [5, 5.41) is 5.34. The number of rotatable bonds is 2.